The first kappa shape index (κ1) is 17.7. The predicted octanol–water partition coefficient (Wildman–Crippen LogP) is 1.72. The Labute approximate surface area is 137 Å². The number of esters is 1. The molecule has 1 fully saturated rings. The molecule has 0 N–H and O–H groups in total. The van der Waals surface area contributed by atoms with Crippen molar-refractivity contribution < 1.29 is 23.7 Å². The van der Waals surface area contributed by atoms with Gasteiger partial charge in [0.2, 0.25) is 0 Å². The Bertz CT molecular complexity index is 500. The molecule has 1 aliphatic heterocycles. The Morgan fingerprint density at radius 1 is 1.22 bits per heavy atom. The van der Waals surface area contributed by atoms with Gasteiger partial charge in [0.05, 0.1) is 32.5 Å². The van der Waals surface area contributed by atoms with Crippen LogP contribution in [-0.4, -0.2) is 64.6 Å². The van der Waals surface area contributed by atoms with Crippen LogP contribution in [0, 0.1) is 0 Å². The highest BCUT2D eigenvalue weighted by molar-refractivity contribution is 5.89. The quantitative estimate of drug-likeness (QED) is 0.536. The Morgan fingerprint density at radius 3 is 2.70 bits per heavy atom. The third-order valence-corrected chi connectivity index (χ3v) is 3.73. The standard InChI is InChI=1S/C17H25NO5/c1-20-8-3-9-23-16-5-4-14(17(19)21-2)12-15(16)13-18-6-10-22-11-7-18/h4-5,12H,3,6-11,13H2,1-2H3. The van der Waals surface area contributed by atoms with E-state index in [-0.39, 0.29) is 5.97 Å². The second-order valence-corrected chi connectivity index (χ2v) is 5.40. The first-order valence-corrected chi connectivity index (χ1v) is 7.87. The molecule has 0 bridgehead atoms. The average molecular weight is 323 g/mol. The van der Waals surface area contributed by atoms with Crippen molar-refractivity contribution in [3.05, 3.63) is 29.3 Å². The molecule has 0 aromatic heterocycles. The van der Waals surface area contributed by atoms with Crippen molar-refractivity contribution in [2.45, 2.75) is 13.0 Å². The van der Waals surface area contributed by atoms with Crippen molar-refractivity contribution in [3.63, 3.8) is 0 Å². The van der Waals surface area contributed by atoms with E-state index in [0.717, 1.165) is 50.6 Å². The normalized spacial score (nSPS) is 15.4. The van der Waals surface area contributed by atoms with Crippen LogP contribution in [0.25, 0.3) is 0 Å². The molecule has 1 heterocycles. The zero-order chi connectivity index (χ0) is 16.5. The molecule has 0 radical (unpaired) electrons. The molecule has 0 amide bonds. The summed E-state index contributed by atoms with van der Waals surface area (Å²) in [5.41, 5.74) is 1.53. The maximum Gasteiger partial charge on any atom is 0.337 e. The first-order chi connectivity index (χ1) is 11.2. The third-order valence-electron chi connectivity index (χ3n) is 3.73. The number of carbonyl (C=O) groups excluding carboxylic acids is 1. The number of ether oxygens (including phenoxy) is 4. The molecule has 0 saturated carbocycles. The van der Waals surface area contributed by atoms with Gasteiger partial charge in [0.15, 0.2) is 0 Å². The molecule has 6 nitrogen and oxygen atoms in total. The maximum absolute atomic E-state index is 11.8. The number of hydrogen-bond acceptors (Lipinski definition) is 6. The van der Waals surface area contributed by atoms with Crippen LogP contribution < -0.4 is 4.74 Å². The van der Waals surface area contributed by atoms with Gasteiger partial charge >= 0.3 is 5.97 Å². The number of morpholine rings is 1. The zero-order valence-electron chi connectivity index (χ0n) is 13.9. The maximum atomic E-state index is 11.8. The highest BCUT2D eigenvalue weighted by atomic mass is 16.5. The van der Waals surface area contributed by atoms with E-state index in [9.17, 15) is 4.79 Å². The van der Waals surface area contributed by atoms with Crippen LogP contribution in [0.1, 0.15) is 22.3 Å². The van der Waals surface area contributed by atoms with E-state index in [1.54, 1.807) is 13.2 Å². The largest absolute Gasteiger partial charge is 0.493 e. The average Bonchev–Trinajstić information content (AvgIpc) is 2.60. The smallest absolute Gasteiger partial charge is 0.337 e. The van der Waals surface area contributed by atoms with Gasteiger partial charge in [0.25, 0.3) is 0 Å². The summed E-state index contributed by atoms with van der Waals surface area (Å²) in [6.07, 6.45) is 0.826. The summed E-state index contributed by atoms with van der Waals surface area (Å²) >= 11 is 0. The molecule has 0 aliphatic carbocycles. The Morgan fingerprint density at radius 2 is 2.00 bits per heavy atom. The lowest BCUT2D eigenvalue weighted by atomic mass is 10.1. The van der Waals surface area contributed by atoms with E-state index in [0.29, 0.717) is 18.8 Å². The summed E-state index contributed by atoms with van der Waals surface area (Å²) in [6, 6.07) is 5.43. The van der Waals surface area contributed by atoms with E-state index in [1.165, 1.54) is 7.11 Å². The molecule has 1 saturated heterocycles. The highest BCUT2D eigenvalue weighted by Gasteiger charge is 2.16. The monoisotopic (exact) mass is 323 g/mol. The minimum atomic E-state index is -0.334. The van der Waals surface area contributed by atoms with Crippen LogP contribution in [0.3, 0.4) is 0 Å². The van der Waals surface area contributed by atoms with E-state index >= 15 is 0 Å². The summed E-state index contributed by atoms with van der Waals surface area (Å²) in [4.78, 5) is 14.0. The first-order valence-electron chi connectivity index (χ1n) is 7.87. The summed E-state index contributed by atoms with van der Waals surface area (Å²) in [5, 5.41) is 0. The summed E-state index contributed by atoms with van der Waals surface area (Å²) in [5.74, 6) is 0.472. The van der Waals surface area contributed by atoms with Gasteiger partial charge in [-0.05, 0) is 18.2 Å². The SMILES string of the molecule is COCCCOc1ccc(C(=O)OC)cc1CN1CCOCC1. The van der Waals surface area contributed by atoms with Crippen LogP contribution in [0.2, 0.25) is 0 Å². The van der Waals surface area contributed by atoms with Crippen LogP contribution in [0.15, 0.2) is 18.2 Å². The van der Waals surface area contributed by atoms with Crippen molar-refractivity contribution in [2.24, 2.45) is 0 Å². The summed E-state index contributed by atoms with van der Waals surface area (Å²) < 4.78 is 21.1. The molecular weight excluding hydrogens is 298 g/mol. The number of benzene rings is 1. The molecule has 1 aromatic carbocycles. The summed E-state index contributed by atoms with van der Waals surface area (Å²) in [7, 11) is 3.06. The number of rotatable bonds is 8. The lowest BCUT2D eigenvalue weighted by molar-refractivity contribution is 0.0337. The minimum absolute atomic E-state index is 0.334. The highest BCUT2D eigenvalue weighted by Crippen LogP contribution is 2.23. The lowest BCUT2D eigenvalue weighted by Gasteiger charge is -2.27. The predicted molar refractivity (Wildman–Crippen MR) is 85.9 cm³/mol. The van der Waals surface area contributed by atoms with E-state index in [4.69, 9.17) is 18.9 Å². The van der Waals surface area contributed by atoms with Crippen LogP contribution >= 0.6 is 0 Å². The molecular formula is C17H25NO5. The van der Waals surface area contributed by atoms with Crippen LogP contribution in [-0.2, 0) is 20.8 Å². The second kappa shape index (κ2) is 9.50. The molecule has 1 aliphatic rings. The van der Waals surface area contributed by atoms with Crippen molar-refractivity contribution in [3.8, 4) is 5.75 Å². The zero-order valence-corrected chi connectivity index (χ0v) is 13.9. The molecule has 6 heteroatoms. The molecule has 0 unspecified atom stereocenters. The minimum Gasteiger partial charge on any atom is -0.493 e. The van der Waals surface area contributed by atoms with Crippen LogP contribution in [0.4, 0.5) is 0 Å². The van der Waals surface area contributed by atoms with E-state index in [1.807, 2.05) is 12.1 Å². The fourth-order valence-corrected chi connectivity index (χ4v) is 2.47. The summed E-state index contributed by atoms with van der Waals surface area (Å²) in [6.45, 7) is 5.22. The van der Waals surface area contributed by atoms with Crippen molar-refractivity contribution >= 4 is 5.97 Å². The number of hydrogen-bond donors (Lipinski definition) is 0. The fraction of sp³-hybridized carbons (Fsp3) is 0.588. The molecule has 1 aromatic rings. The molecule has 2 rings (SSSR count). The Kier molecular flexibility index (Phi) is 7.32. The molecule has 23 heavy (non-hydrogen) atoms. The molecule has 128 valence electrons. The topological polar surface area (TPSA) is 57.2 Å². The Balaban J connectivity index is 2.09. The van der Waals surface area contributed by atoms with Crippen molar-refractivity contribution in [1.29, 1.82) is 0 Å². The lowest BCUT2D eigenvalue weighted by Crippen LogP contribution is -2.35. The van der Waals surface area contributed by atoms with Gasteiger partial charge in [-0.1, -0.05) is 0 Å². The van der Waals surface area contributed by atoms with Gasteiger partial charge in [0, 0.05) is 45.3 Å². The number of nitrogens with zero attached hydrogens (tertiary/aromatic N) is 1. The van der Waals surface area contributed by atoms with Gasteiger partial charge in [-0.15, -0.1) is 0 Å². The van der Waals surface area contributed by atoms with Gasteiger partial charge in [-0.25, -0.2) is 4.79 Å². The molecule has 0 atom stereocenters. The van der Waals surface area contributed by atoms with Crippen LogP contribution in [0.5, 0.6) is 5.75 Å². The van der Waals surface area contributed by atoms with Gasteiger partial charge in [-0.3, -0.25) is 4.90 Å². The van der Waals surface area contributed by atoms with E-state index < -0.39 is 0 Å². The van der Waals surface area contributed by atoms with Gasteiger partial charge < -0.3 is 18.9 Å². The van der Waals surface area contributed by atoms with Crippen molar-refractivity contribution in [2.75, 3.05) is 53.7 Å². The Hall–Kier alpha value is -1.63. The van der Waals surface area contributed by atoms with Crippen molar-refractivity contribution in [1.82, 2.24) is 4.90 Å². The number of carbonyl (C=O) groups is 1. The second-order valence-electron chi connectivity index (χ2n) is 5.40. The number of methoxy groups -OCH3 is 2. The fourth-order valence-electron chi connectivity index (χ4n) is 2.47. The third kappa shape index (κ3) is 5.49. The van der Waals surface area contributed by atoms with E-state index in [2.05, 4.69) is 4.90 Å². The van der Waals surface area contributed by atoms with Gasteiger partial charge in [0.1, 0.15) is 5.75 Å². The molecule has 0 spiro atoms. The van der Waals surface area contributed by atoms with Gasteiger partial charge in [-0.2, -0.15) is 0 Å².